The van der Waals surface area contributed by atoms with Crippen LogP contribution in [0.5, 0.6) is 0 Å². The molecule has 0 spiro atoms. The number of aromatic nitrogens is 1. The van der Waals surface area contributed by atoms with E-state index < -0.39 is 0 Å². The number of hydrogen-bond acceptors (Lipinski definition) is 3. The molecule has 0 aliphatic carbocycles. The second-order valence-corrected chi connectivity index (χ2v) is 6.19. The van der Waals surface area contributed by atoms with Gasteiger partial charge in [0.2, 0.25) is 0 Å². The predicted octanol–water partition coefficient (Wildman–Crippen LogP) is 2.71. The van der Waals surface area contributed by atoms with Crippen LogP contribution in [-0.4, -0.2) is 43.5 Å². The summed E-state index contributed by atoms with van der Waals surface area (Å²) in [5, 5.41) is 9.37. The summed E-state index contributed by atoms with van der Waals surface area (Å²) in [5.74, 6) is 0.967. The second-order valence-electron chi connectivity index (χ2n) is 6.19. The number of nitrogens with one attached hydrogen (secondary N) is 3. The van der Waals surface area contributed by atoms with Gasteiger partial charge in [-0.2, -0.15) is 0 Å². The lowest BCUT2D eigenvalue weighted by molar-refractivity contribution is 0.0954. The minimum absolute atomic E-state index is 0. The first-order valence-corrected chi connectivity index (χ1v) is 8.79. The Bertz CT molecular complexity index is 719. The van der Waals surface area contributed by atoms with Gasteiger partial charge in [-0.15, -0.1) is 24.0 Å². The van der Waals surface area contributed by atoms with Crippen LogP contribution in [-0.2, 0) is 0 Å². The van der Waals surface area contributed by atoms with Crippen LogP contribution < -0.4 is 16.0 Å². The molecule has 7 heteroatoms. The van der Waals surface area contributed by atoms with Crippen molar-refractivity contribution < 1.29 is 4.79 Å². The van der Waals surface area contributed by atoms with E-state index in [2.05, 4.69) is 64.0 Å². The molecular weight excluding hydrogens is 453 g/mol. The highest BCUT2D eigenvalue weighted by Crippen LogP contribution is 2.14. The van der Waals surface area contributed by atoms with E-state index in [4.69, 9.17) is 0 Å². The Morgan fingerprint density at radius 2 is 1.81 bits per heavy atom. The van der Waals surface area contributed by atoms with Gasteiger partial charge < -0.3 is 16.0 Å². The maximum absolute atomic E-state index is 11.9. The van der Waals surface area contributed by atoms with Crippen LogP contribution in [0.15, 0.2) is 53.8 Å². The van der Waals surface area contributed by atoms with E-state index in [0.717, 1.165) is 12.5 Å². The first-order valence-electron chi connectivity index (χ1n) is 8.79. The van der Waals surface area contributed by atoms with Gasteiger partial charge in [0.25, 0.3) is 5.91 Å². The predicted molar refractivity (Wildman–Crippen MR) is 121 cm³/mol. The molecule has 1 aromatic heterocycles. The van der Waals surface area contributed by atoms with Gasteiger partial charge in [-0.05, 0) is 30.5 Å². The van der Waals surface area contributed by atoms with Crippen molar-refractivity contribution in [2.24, 2.45) is 4.99 Å². The first kappa shape index (κ1) is 22.9. The number of aliphatic imine (C=N–C) groups is 1. The molecule has 1 unspecified atom stereocenters. The minimum atomic E-state index is -0.129. The lowest BCUT2D eigenvalue weighted by Gasteiger charge is -2.16. The number of hydrogen-bond donors (Lipinski definition) is 3. The maximum atomic E-state index is 11.9. The van der Waals surface area contributed by atoms with Crippen molar-refractivity contribution in [1.82, 2.24) is 20.9 Å². The van der Waals surface area contributed by atoms with Crippen LogP contribution in [0.4, 0.5) is 0 Å². The monoisotopic (exact) mass is 481 g/mol. The van der Waals surface area contributed by atoms with Gasteiger partial charge in [-0.3, -0.25) is 14.8 Å². The van der Waals surface area contributed by atoms with Crippen LogP contribution in [0.3, 0.4) is 0 Å². The molecule has 6 nitrogen and oxygen atoms in total. The fraction of sp³-hybridized carbons (Fsp3) is 0.350. The zero-order valence-electron chi connectivity index (χ0n) is 16.0. The van der Waals surface area contributed by atoms with Crippen molar-refractivity contribution in [3.63, 3.8) is 0 Å². The number of carbonyl (C=O) groups is 1. The average Bonchev–Trinajstić information content (AvgIpc) is 2.68. The van der Waals surface area contributed by atoms with Gasteiger partial charge in [0, 0.05) is 39.1 Å². The van der Waals surface area contributed by atoms with Gasteiger partial charge in [0.15, 0.2) is 5.96 Å². The highest BCUT2D eigenvalue weighted by atomic mass is 127. The lowest BCUT2D eigenvalue weighted by Crippen LogP contribution is -2.42. The molecule has 1 heterocycles. The molecule has 146 valence electrons. The van der Waals surface area contributed by atoms with Crippen molar-refractivity contribution >= 4 is 35.8 Å². The topological polar surface area (TPSA) is 78.4 Å². The van der Waals surface area contributed by atoms with Crippen molar-refractivity contribution in [2.45, 2.75) is 19.8 Å². The van der Waals surface area contributed by atoms with Gasteiger partial charge in [0.05, 0.1) is 5.56 Å². The number of amides is 1. The zero-order chi connectivity index (χ0) is 18.8. The summed E-state index contributed by atoms with van der Waals surface area (Å²) in [5.41, 5.74) is 3.11. The normalized spacial score (nSPS) is 11.9. The van der Waals surface area contributed by atoms with E-state index in [1.54, 1.807) is 31.6 Å². The van der Waals surface area contributed by atoms with Crippen LogP contribution in [0.25, 0.3) is 0 Å². The van der Waals surface area contributed by atoms with Crippen LogP contribution >= 0.6 is 24.0 Å². The molecule has 3 N–H and O–H groups in total. The molecule has 27 heavy (non-hydrogen) atoms. The Hall–Kier alpha value is -2.16. The third-order valence-corrected chi connectivity index (χ3v) is 4.07. The van der Waals surface area contributed by atoms with Gasteiger partial charge in [-0.25, -0.2) is 0 Å². The third kappa shape index (κ3) is 7.94. The number of aryl methyl sites for hydroxylation is 1. The summed E-state index contributed by atoms with van der Waals surface area (Å²) in [4.78, 5) is 20.1. The summed E-state index contributed by atoms with van der Waals surface area (Å²) in [6, 6.07) is 12.1. The maximum Gasteiger partial charge on any atom is 0.252 e. The standard InChI is InChI=1S/C20H27N5O.HI/c1-15-6-8-17(9-7-15)16(2)13-25-20(21-3)24-12-11-23-19(26)18-5-4-10-22-14-18;/h4-10,14,16H,11-13H2,1-3H3,(H,23,26)(H2,21,24,25);1H. The number of nitrogens with zero attached hydrogens (tertiary/aromatic N) is 2. The van der Waals surface area contributed by atoms with Crippen LogP contribution in [0.2, 0.25) is 0 Å². The van der Waals surface area contributed by atoms with Crippen molar-refractivity contribution in [2.75, 3.05) is 26.7 Å². The number of pyridine rings is 1. The summed E-state index contributed by atoms with van der Waals surface area (Å²) < 4.78 is 0. The average molecular weight is 481 g/mol. The molecule has 0 saturated carbocycles. The van der Waals surface area contributed by atoms with Crippen molar-refractivity contribution in [3.8, 4) is 0 Å². The lowest BCUT2D eigenvalue weighted by atomic mass is 10.0. The second kappa shape index (κ2) is 12.3. The van der Waals surface area contributed by atoms with Gasteiger partial charge >= 0.3 is 0 Å². The van der Waals surface area contributed by atoms with Gasteiger partial charge in [0.1, 0.15) is 0 Å². The largest absolute Gasteiger partial charge is 0.356 e. The highest BCUT2D eigenvalue weighted by Gasteiger charge is 2.07. The number of halogens is 1. The number of carbonyl (C=O) groups excluding carboxylic acids is 1. The molecule has 0 aliphatic heterocycles. The van der Waals surface area contributed by atoms with E-state index in [9.17, 15) is 4.79 Å². The molecule has 0 aliphatic rings. The molecule has 1 amide bonds. The first-order chi connectivity index (χ1) is 12.6. The zero-order valence-corrected chi connectivity index (χ0v) is 18.4. The fourth-order valence-corrected chi connectivity index (χ4v) is 2.44. The summed E-state index contributed by atoms with van der Waals surface area (Å²) in [6.45, 7) is 6.14. The SMILES string of the molecule is CN=C(NCCNC(=O)c1cccnc1)NCC(C)c1ccc(C)cc1.I. The quantitative estimate of drug-likeness (QED) is 0.246. The van der Waals surface area contributed by atoms with E-state index in [-0.39, 0.29) is 29.9 Å². The Labute approximate surface area is 178 Å². The van der Waals surface area contributed by atoms with Crippen LogP contribution in [0.1, 0.15) is 34.3 Å². The van der Waals surface area contributed by atoms with E-state index >= 15 is 0 Å². The molecule has 0 radical (unpaired) electrons. The Morgan fingerprint density at radius 3 is 2.44 bits per heavy atom. The van der Waals surface area contributed by atoms with E-state index in [1.165, 1.54) is 11.1 Å². The molecule has 0 bridgehead atoms. The van der Waals surface area contributed by atoms with Crippen molar-refractivity contribution in [3.05, 3.63) is 65.5 Å². The molecule has 1 aromatic carbocycles. The van der Waals surface area contributed by atoms with Gasteiger partial charge in [-0.1, -0.05) is 36.8 Å². The number of guanidine groups is 1. The van der Waals surface area contributed by atoms with E-state index in [0.29, 0.717) is 24.6 Å². The summed E-state index contributed by atoms with van der Waals surface area (Å²) >= 11 is 0. The Balaban J connectivity index is 0.00000364. The summed E-state index contributed by atoms with van der Waals surface area (Å²) in [7, 11) is 1.74. The molecular formula is C20H28IN5O. The highest BCUT2D eigenvalue weighted by molar-refractivity contribution is 14.0. The number of rotatable bonds is 7. The Kier molecular flexibility index (Phi) is 10.4. The Morgan fingerprint density at radius 1 is 1.11 bits per heavy atom. The smallest absolute Gasteiger partial charge is 0.252 e. The van der Waals surface area contributed by atoms with E-state index in [1.807, 2.05) is 0 Å². The molecule has 0 saturated heterocycles. The molecule has 0 fully saturated rings. The third-order valence-electron chi connectivity index (χ3n) is 4.07. The van der Waals surface area contributed by atoms with Crippen molar-refractivity contribution in [1.29, 1.82) is 0 Å². The molecule has 2 rings (SSSR count). The molecule has 1 atom stereocenters. The van der Waals surface area contributed by atoms with Crippen LogP contribution in [0, 0.1) is 6.92 Å². The summed E-state index contributed by atoms with van der Waals surface area (Å²) in [6.07, 6.45) is 3.20. The molecule has 2 aromatic rings. The number of benzene rings is 1. The minimum Gasteiger partial charge on any atom is -0.356 e. The fourth-order valence-electron chi connectivity index (χ4n) is 2.44.